The summed E-state index contributed by atoms with van der Waals surface area (Å²) in [5, 5.41) is 3.52. The lowest BCUT2D eigenvalue weighted by Crippen LogP contribution is -2.48. The second kappa shape index (κ2) is 5.83. The fraction of sp³-hybridized carbons (Fsp3) is 0.923. The van der Waals surface area contributed by atoms with Gasteiger partial charge in [0.15, 0.2) is 0 Å². The predicted octanol–water partition coefficient (Wildman–Crippen LogP) is 0.857. The molecule has 2 fully saturated rings. The lowest BCUT2D eigenvalue weighted by atomic mass is 9.89. The smallest absolute Gasteiger partial charge is 0.234 e. The number of nitrogens with one attached hydrogen (secondary N) is 1. The first-order valence-electron chi connectivity index (χ1n) is 7.00. The number of rotatable bonds is 4. The van der Waals surface area contributed by atoms with Gasteiger partial charge in [0.05, 0.1) is 6.04 Å². The maximum Gasteiger partial charge on any atom is 0.234 e. The van der Waals surface area contributed by atoms with Gasteiger partial charge >= 0.3 is 0 Å². The van der Waals surface area contributed by atoms with E-state index in [1.165, 1.54) is 25.7 Å². The molecule has 1 aliphatic heterocycles. The van der Waals surface area contributed by atoms with Gasteiger partial charge in [-0.2, -0.15) is 0 Å². The number of carbonyl (C=O) groups is 1. The summed E-state index contributed by atoms with van der Waals surface area (Å²) >= 11 is 0. The lowest BCUT2D eigenvalue weighted by molar-refractivity contribution is -0.123. The van der Waals surface area contributed by atoms with Gasteiger partial charge in [0.25, 0.3) is 0 Å². The largest absolute Gasteiger partial charge is 0.368 e. The second-order valence-corrected chi connectivity index (χ2v) is 5.36. The minimum absolute atomic E-state index is 0.00989. The minimum Gasteiger partial charge on any atom is -0.368 e. The molecule has 1 atom stereocenters. The van der Waals surface area contributed by atoms with Gasteiger partial charge in [-0.05, 0) is 51.6 Å². The Bertz CT molecular complexity index is 261. The number of carbonyl (C=O) groups excluding carboxylic acids is 1. The Kier molecular flexibility index (Phi) is 4.40. The highest BCUT2D eigenvalue weighted by molar-refractivity contribution is 5.80. The van der Waals surface area contributed by atoms with Gasteiger partial charge in [0, 0.05) is 12.1 Å². The zero-order chi connectivity index (χ0) is 12.3. The number of hydrogen-bond acceptors (Lipinski definition) is 3. The molecule has 3 N–H and O–H groups in total. The SMILES string of the molecule is CCNC1CCC(N2CCCC2C(N)=O)CC1. The lowest BCUT2D eigenvalue weighted by Gasteiger charge is -2.37. The molecule has 2 rings (SSSR count). The monoisotopic (exact) mass is 239 g/mol. The van der Waals surface area contributed by atoms with E-state index in [-0.39, 0.29) is 11.9 Å². The van der Waals surface area contributed by atoms with Crippen LogP contribution in [0.5, 0.6) is 0 Å². The van der Waals surface area contributed by atoms with E-state index in [2.05, 4.69) is 17.1 Å². The normalized spacial score (nSPS) is 35.0. The van der Waals surface area contributed by atoms with E-state index in [9.17, 15) is 4.79 Å². The second-order valence-electron chi connectivity index (χ2n) is 5.36. The molecule has 0 radical (unpaired) electrons. The van der Waals surface area contributed by atoms with Crippen LogP contribution in [0.15, 0.2) is 0 Å². The fourth-order valence-corrected chi connectivity index (χ4v) is 3.43. The third-order valence-corrected chi connectivity index (χ3v) is 4.28. The highest BCUT2D eigenvalue weighted by atomic mass is 16.1. The number of nitrogens with zero attached hydrogens (tertiary/aromatic N) is 1. The van der Waals surface area contributed by atoms with Gasteiger partial charge in [-0.3, -0.25) is 9.69 Å². The molecule has 0 aromatic heterocycles. The van der Waals surface area contributed by atoms with Crippen molar-refractivity contribution in [1.82, 2.24) is 10.2 Å². The standard InChI is InChI=1S/C13H25N3O/c1-2-15-10-5-7-11(8-6-10)16-9-3-4-12(16)13(14)17/h10-12,15H,2-9H2,1H3,(H2,14,17). The van der Waals surface area contributed by atoms with E-state index >= 15 is 0 Å². The molecule has 1 saturated heterocycles. The fourth-order valence-electron chi connectivity index (χ4n) is 3.43. The molecule has 4 nitrogen and oxygen atoms in total. The Morgan fingerprint density at radius 2 is 2.00 bits per heavy atom. The molecule has 0 spiro atoms. The number of primary amides is 1. The van der Waals surface area contributed by atoms with Crippen molar-refractivity contribution in [3.8, 4) is 0 Å². The van der Waals surface area contributed by atoms with Gasteiger partial charge in [-0.15, -0.1) is 0 Å². The number of hydrogen-bond donors (Lipinski definition) is 2. The summed E-state index contributed by atoms with van der Waals surface area (Å²) in [5.74, 6) is -0.128. The maximum atomic E-state index is 11.4. The van der Waals surface area contributed by atoms with Crippen molar-refractivity contribution in [2.24, 2.45) is 5.73 Å². The Hall–Kier alpha value is -0.610. The summed E-state index contributed by atoms with van der Waals surface area (Å²) in [7, 11) is 0. The molecule has 1 heterocycles. The Morgan fingerprint density at radius 3 is 2.59 bits per heavy atom. The summed E-state index contributed by atoms with van der Waals surface area (Å²) in [5.41, 5.74) is 5.48. The molecular formula is C13H25N3O. The first-order valence-corrected chi connectivity index (χ1v) is 7.00. The van der Waals surface area contributed by atoms with Crippen LogP contribution >= 0.6 is 0 Å². The molecule has 2 aliphatic rings. The van der Waals surface area contributed by atoms with Gasteiger partial charge < -0.3 is 11.1 Å². The van der Waals surface area contributed by atoms with E-state index in [1.807, 2.05) is 0 Å². The van der Waals surface area contributed by atoms with Gasteiger partial charge in [-0.1, -0.05) is 6.92 Å². The van der Waals surface area contributed by atoms with Crippen molar-refractivity contribution in [3.63, 3.8) is 0 Å². The van der Waals surface area contributed by atoms with Crippen molar-refractivity contribution in [2.75, 3.05) is 13.1 Å². The maximum absolute atomic E-state index is 11.4. The molecular weight excluding hydrogens is 214 g/mol. The summed E-state index contributed by atoms with van der Waals surface area (Å²) in [6.07, 6.45) is 6.98. The van der Waals surface area contributed by atoms with E-state index < -0.39 is 0 Å². The molecule has 1 saturated carbocycles. The molecule has 4 heteroatoms. The van der Waals surface area contributed by atoms with E-state index in [0.717, 1.165) is 25.9 Å². The molecule has 0 aromatic rings. The van der Waals surface area contributed by atoms with Gasteiger partial charge in [0.1, 0.15) is 0 Å². The summed E-state index contributed by atoms with van der Waals surface area (Å²) in [4.78, 5) is 13.8. The predicted molar refractivity (Wildman–Crippen MR) is 68.6 cm³/mol. The number of amides is 1. The van der Waals surface area contributed by atoms with Crippen molar-refractivity contribution >= 4 is 5.91 Å². The Morgan fingerprint density at radius 1 is 1.29 bits per heavy atom. The van der Waals surface area contributed by atoms with Crippen LogP contribution in [0, 0.1) is 0 Å². The molecule has 0 bridgehead atoms. The minimum atomic E-state index is -0.128. The van der Waals surface area contributed by atoms with Crippen LogP contribution in [-0.2, 0) is 4.79 Å². The average Bonchev–Trinajstić information content (AvgIpc) is 2.79. The van der Waals surface area contributed by atoms with Gasteiger partial charge in [-0.25, -0.2) is 0 Å². The Labute approximate surface area is 104 Å². The van der Waals surface area contributed by atoms with Crippen molar-refractivity contribution in [3.05, 3.63) is 0 Å². The molecule has 98 valence electrons. The Balaban J connectivity index is 1.85. The molecule has 17 heavy (non-hydrogen) atoms. The molecule has 1 unspecified atom stereocenters. The van der Waals surface area contributed by atoms with E-state index in [0.29, 0.717) is 12.1 Å². The van der Waals surface area contributed by atoms with Crippen LogP contribution in [-0.4, -0.2) is 42.0 Å². The highest BCUT2D eigenvalue weighted by Crippen LogP contribution is 2.29. The summed E-state index contributed by atoms with van der Waals surface area (Å²) < 4.78 is 0. The zero-order valence-electron chi connectivity index (χ0n) is 10.8. The zero-order valence-corrected chi connectivity index (χ0v) is 10.8. The topological polar surface area (TPSA) is 58.4 Å². The molecule has 1 amide bonds. The third-order valence-electron chi connectivity index (χ3n) is 4.28. The summed E-state index contributed by atoms with van der Waals surface area (Å²) in [6.45, 7) is 4.28. The van der Waals surface area contributed by atoms with Crippen molar-refractivity contribution in [2.45, 2.75) is 63.6 Å². The third kappa shape index (κ3) is 2.99. The number of nitrogens with two attached hydrogens (primary N) is 1. The van der Waals surface area contributed by atoms with Crippen LogP contribution in [0.3, 0.4) is 0 Å². The molecule has 0 aromatic carbocycles. The highest BCUT2D eigenvalue weighted by Gasteiger charge is 2.35. The van der Waals surface area contributed by atoms with Crippen molar-refractivity contribution < 1.29 is 4.79 Å². The van der Waals surface area contributed by atoms with Gasteiger partial charge in [0.2, 0.25) is 5.91 Å². The summed E-state index contributed by atoms with van der Waals surface area (Å²) in [6, 6.07) is 1.28. The quantitative estimate of drug-likeness (QED) is 0.765. The first-order chi connectivity index (χ1) is 8.22. The van der Waals surface area contributed by atoms with Crippen LogP contribution in [0.25, 0.3) is 0 Å². The van der Waals surface area contributed by atoms with Crippen LogP contribution in [0.2, 0.25) is 0 Å². The van der Waals surface area contributed by atoms with E-state index in [1.54, 1.807) is 0 Å². The first kappa shape index (κ1) is 12.8. The van der Waals surface area contributed by atoms with Crippen LogP contribution < -0.4 is 11.1 Å². The number of likely N-dealkylation sites (tertiary alicyclic amines) is 1. The van der Waals surface area contributed by atoms with Crippen LogP contribution in [0.4, 0.5) is 0 Å². The average molecular weight is 239 g/mol. The van der Waals surface area contributed by atoms with Crippen molar-refractivity contribution in [1.29, 1.82) is 0 Å². The van der Waals surface area contributed by atoms with Crippen LogP contribution in [0.1, 0.15) is 45.4 Å². The molecule has 1 aliphatic carbocycles. The van der Waals surface area contributed by atoms with E-state index in [4.69, 9.17) is 5.73 Å².